The van der Waals surface area contributed by atoms with E-state index in [0.29, 0.717) is 6.04 Å². The van der Waals surface area contributed by atoms with E-state index in [0.717, 1.165) is 12.1 Å². The summed E-state index contributed by atoms with van der Waals surface area (Å²) in [6.07, 6.45) is 1.07. The summed E-state index contributed by atoms with van der Waals surface area (Å²) in [5.74, 6) is 0. The Balaban J connectivity index is 2.62. The van der Waals surface area contributed by atoms with Gasteiger partial charge in [0.05, 0.1) is 0 Å². The minimum Gasteiger partial charge on any atom is -0.379 e. The van der Waals surface area contributed by atoms with Crippen molar-refractivity contribution in [2.24, 2.45) is 0 Å². The number of rotatable bonds is 4. The fraction of sp³-hybridized carbons (Fsp3) is 0.333. The third kappa shape index (κ3) is 2.94. The van der Waals surface area contributed by atoms with E-state index in [1.807, 2.05) is 18.2 Å². The molecule has 1 heteroatoms. The zero-order valence-electron chi connectivity index (χ0n) is 8.38. The molecule has 0 saturated heterocycles. The highest BCUT2D eigenvalue weighted by Crippen LogP contribution is 2.12. The standard InChI is InChI=1S/C12H17N/c1-4-12(10(2)3)13-11-8-6-5-7-9-11/h5-9,12-13H,2,4H2,1,3H3/t12-/m1/s1. The number of benzene rings is 1. The Morgan fingerprint density at radius 3 is 2.46 bits per heavy atom. The van der Waals surface area contributed by atoms with Crippen LogP contribution in [-0.2, 0) is 0 Å². The quantitative estimate of drug-likeness (QED) is 0.691. The van der Waals surface area contributed by atoms with Crippen LogP contribution in [0.3, 0.4) is 0 Å². The van der Waals surface area contributed by atoms with E-state index in [1.165, 1.54) is 5.57 Å². The zero-order valence-corrected chi connectivity index (χ0v) is 8.38. The topological polar surface area (TPSA) is 12.0 Å². The molecule has 0 unspecified atom stereocenters. The van der Waals surface area contributed by atoms with E-state index < -0.39 is 0 Å². The molecule has 0 fully saturated rings. The molecule has 1 N–H and O–H groups in total. The Kier molecular flexibility index (Phi) is 3.56. The molecule has 0 bridgehead atoms. The third-order valence-electron chi connectivity index (χ3n) is 2.12. The molecule has 1 nitrogen and oxygen atoms in total. The molecule has 0 amide bonds. The van der Waals surface area contributed by atoms with E-state index in [2.05, 4.69) is 37.9 Å². The highest BCUT2D eigenvalue weighted by atomic mass is 14.9. The van der Waals surface area contributed by atoms with Crippen LogP contribution < -0.4 is 5.32 Å². The van der Waals surface area contributed by atoms with E-state index in [9.17, 15) is 0 Å². The summed E-state index contributed by atoms with van der Waals surface area (Å²) in [5, 5.41) is 3.43. The first-order valence-electron chi connectivity index (χ1n) is 4.71. The van der Waals surface area contributed by atoms with E-state index in [1.54, 1.807) is 0 Å². The fourth-order valence-electron chi connectivity index (χ4n) is 1.31. The summed E-state index contributed by atoms with van der Waals surface area (Å²) in [4.78, 5) is 0. The van der Waals surface area contributed by atoms with E-state index >= 15 is 0 Å². The third-order valence-corrected chi connectivity index (χ3v) is 2.12. The molecule has 0 aliphatic rings. The number of hydrogen-bond acceptors (Lipinski definition) is 1. The van der Waals surface area contributed by atoms with Crippen molar-refractivity contribution in [3.05, 3.63) is 42.5 Å². The van der Waals surface area contributed by atoms with Crippen molar-refractivity contribution in [1.29, 1.82) is 0 Å². The number of para-hydroxylation sites is 1. The zero-order chi connectivity index (χ0) is 9.68. The summed E-state index contributed by atoms with van der Waals surface area (Å²) < 4.78 is 0. The predicted octanol–water partition coefficient (Wildman–Crippen LogP) is 3.45. The molecule has 0 spiro atoms. The van der Waals surface area contributed by atoms with Gasteiger partial charge in [0.1, 0.15) is 0 Å². The molecule has 0 radical (unpaired) electrons. The fourth-order valence-corrected chi connectivity index (χ4v) is 1.31. The van der Waals surface area contributed by atoms with Gasteiger partial charge in [0.2, 0.25) is 0 Å². The SMILES string of the molecule is C=C(C)[C@@H](CC)Nc1ccccc1. The van der Waals surface area contributed by atoms with Crippen molar-refractivity contribution in [2.45, 2.75) is 26.3 Å². The minimum absolute atomic E-state index is 0.391. The molecule has 0 aromatic heterocycles. The lowest BCUT2D eigenvalue weighted by molar-refractivity contribution is 0.791. The van der Waals surface area contributed by atoms with Gasteiger partial charge >= 0.3 is 0 Å². The van der Waals surface area contributed by atoms with Gasteiger partial charge in [0, 0.05) is 11.7 Å². The van der Waals surface area contributed by atoms with Crippen molar-refractivity contribution in [1.82, 2.24) is 0 Å². The van der Waals surface area contributed by atoms with Crippen LogP contribution in [0.15, 0.2) is 42.5 Å². The van der Waals surface area contributed by atoms with Crippen molar-refractivity contribution < 1.29 is 0 Å². The molecular weight excluding hydrogens is 158 g/mol. The second kappa shape index (κ2) is 4.70. The molecule has 1 atom stereocenters. The van der Waals surface area contributed by atoms with Gasteiger partial charge in [0.25, 0.3) is 0 Å². The van der Waals surface area contributed by atoms with Gasteiger partial charge in [0.15, 0.2) is 0 Å². The maximum atomic E-state index is 3.96. The molecule has 1 aromatic rings. The smallest absolute Gasteiger partial charge is 0.0465 e. The summed E-state index contributed by atoms with van der Waals surface area (Å²) in [6, 6.07) is 10.6. The van der Waals surface area contributed by atoms with Gasteiger partial charge in [-0.3, -0.25) is 0 Å². The minimum atomic E-state index is 0.391. The number of hydrogen-bond donors (Lipinski definition) is 1. The summed E-state index contributed by atoms with van der Waals surface area (Å²) in [7, 11) is 0. The van der Waals surface area contributed by atoms with Gasteiger partial charge in [-0.2, -0.15) is 0 Å². The van der Waals surface area contributed by atoms with Crippen molar-refractivity contribution >= 4 is 5.69 Å². The molecular formula is C12H17N. The first-order valence-corrected chi connectivity index (χ1v) is 4.71. The summed E-state index contributed by atoms with van der Waals surface area (Å²) in [5.41, 5.74) is 2.35. The number of nitrogens with one attached hydrogen (secondary N) is 1. The van der Waals surface area contributed by atoms with Crippen LogP contribution in [0.1, 0.15) is 20.3 Å². The lowest BCUT2D eigenvalue weighted by Gasteiger charge is -2.17. The van der Waals surface area contributed by atoms with Crippen molar-refractivity contribution in [3.63, 3.8) is 0 Å². The van der Waals surface area contributed by atoms with Crippen molar-refractivity contribution in [2.75, 3.05) is 5.32 Å². The summed E-state index contributed by atoms with van der Waals surface area (Å²) >= 11 is 0. The Hall–Kier alpha value is -1.24. The average Bonchev–Trinajstić information content (AvgIpc) is 2.15. The first-order chi connectivity index (χ1) is 6.24. The predicted molar refractivity (Wildman–Crippen MR) is 59.0 cm³/mol. The number of anilines is 1. The Labute approximate surface area is 80.5 Å². The molecule has 13 heavy (non-hydrogen) atoms. The second-order valence-corrected chi connectivity index (χ2v) is 3.32. The Bertz CT molecular complexity index is 264. The van der Waals surface area contributed by atoms with Gasteiger partial charge in [-0.1, -0.05) is 37.3 Å². The van der Waals surface area contributed by atoms with Crippen LogP contribution in [0.5, 0.6) is 0 Å². The largest absolute Gasteiger partial charge is 0.379 e. The molecule has 70 valence electrons. The van der Waals surface area contributed by atoms with E-state index in [4.69, 9.17) is 0 Å². The second-order valence-electron chi connectivity index (χ2n) is 3.32. The molecule has 1 rings (SSSR count). The van der Waals surface area contributed by atoms with Gasteiger partial charge in [-0.15, -0.1) is 0 Å². The molecule has 0 aliphatic heterocycles. The summed E-state index contributed by atoms with van der Waals surface area (Å²) in [6.45, 7) is 8.18. The molecule has 1 aromatic carbocycles. The maximum absolute atomic E-state index is 3.96. The monoisotopic (exact) mass is 175 g/mol. The van der Waals surface area contributed by atoms with E-state index in [-0.39, 0.29) is 0 Å². The van der Waals surface area contributed by atoms with Crippen LogP contribution in [0.25, 0.3) is 0 Å². The van der Waals surface area contributed by atoms with Crippen LogP contribution in [0.2, 0.25) is 0 Å². The molecule has 0 saturated carbocycles. The highest BCUT2D eigenvalue weighted by molar-refractivity contribution is 5.44. The van der Waals surface area contributed by atoms with Gasteiger partial charge in [-0.25, -0.2) is 0 Å². The highest BCUT2D eigenvalue weighted by Gasteiger charge is 2.04. The normalized spacial score (nSPS) is 12.2. The lowest BCUT2D eigenvalue weighted by Crippen LogP contribution is -2.18. The van der Waals surface area contributed by atoms with Crippen LogP contribution in [0, 0.1) is 0 Å². The van der Waals surface area contributed by atoms with Gasteiger partial charge < -0.3 is 5.32 Å². The first kappa shape index (κ1) is 9.85. The van der Waals surface area contributed by atoms with Crippen LogP contribution in [0.4, 0.5) is 5.69 Å². The molecule has 0 heterocycles. The van der Waals surface area contributed by atoms with Gasteiger partial charge in [-0.05, 0) is 25.5 Å². The average molecular weight is 175 g/mol. The Morgan fingerprint density at radius 2 is 2.00 bits per heavy atom. The lowest BCUT2D eigenvalue weighted by atomic mass is 10.1. The van der Waals surface area contributed by atoms with Crippen molar-refractivity contribution in [3.8, 4) is 0 Å². The van der Waals surface area contributed by atoms with Crippen LogP contribution >= 0.6 is 0 Å². The van der Waals surface area contributed by atoms with Crippen LogP contribution in [-0.4, -0.2) is 6.04 Å². The Morgan fingerprint density at radius 1 is 1.38 bits per heavy atom. The maximum Gasteiger partial charge on any atom is 0.0465 e. The molecule has 0 aliphatic carbocycles.